The van der Waals surface area contributed by atoms with Crippen molar-refractivity contribution in [2.24, 2.45) is 13.0 Å². The highest BCUT2D eigenvalue weighted by Gasteiger charge is 2.42. The maximum Gasteiger partial charge on any atom is 0.313 e. The van der Waals surface area contributed by atoms with Crippen LogP contribution in [0.2, 0.25) is 0 Å². The van der Waals surface area contributed by atoms with Crippen LogP contribution in [0.5, 0.6) is 0 Å². The molecule has 4 aromatic rings. The smallest absolute Gasteiger partial charge is 0.313 e. The second kappa shape index (κ2) is 12.0. The summed E-state index contributed by atoms with van der Waals surface area (Å²) in [5.74, 6) is -1.57. The maximum atomic E-state index is 14.0. The number of ether oxygens (including phenoxy) is 1. The number of hydrogen-bond acceptors (Lipinski definition) is 4. The van der Waals surface area contributed by atoms with Gasteiger partial charge in [0.15, 0.2) is 0 Å². The van der Waals surface area contributed by atoms with Gasteiger partial charge in [-0.05, 0) is 49.1 Å². The van der Waals surface area contributed by atoms with Crippen molar-refractivity contribution in [1.29, 1.82) is 0 Å². The summed E-state index contributed by atoms with van der Waals surface area (Å²) in [5.41, 5.74) is 4.87. The second-order valence-corrected chi connectivity index (χ2v) is 11.5. The van der Waals surface area contributed by atoms with Crippen molar-refractivity contribution in [1.82, 2.24) is 9.47 Å². The van der Waals surface area contributed by atoms with Crippen LogP contribution in [0.1, 0.15) is 36.1 Å². The summed E-state index contributed by atoms with van der Waals surface area (Å²) < 4.78 is 20.7. The zero-order valence-electron chi connectivity index (χ0n) is 23.1. The molecular weight excluding hydrogens is 520 g/mol. The summed E-state index contributed by atoms with van der Waals surface area (Å²) in [6.45, 7) is 2.22. The number of benzene rings is 3. The van der Waals surface area contributed by atoms with E-state index in [9.17, 15) is 13.8 Å². The van der Waals surface area contributed by atoms with Gasteiger partial charge in [0, 0.05) is 40.2 Å². The monoisotopic (exact) mass is 554 g/mol. The van der Waals surface area contributed by atoms with E-state index in [1.54, 1.807) is 17.0 Å². The summed E-state index contributed by atoms with van der Waals surface area (Å²) in [4.78, 5) is 29.8. The predicted octanol–water partition coefficient (Wildman–Crippen LogP) is 5.74. The van der Waals surface area contributed by atoms with Gasteiger partial charge < -0.3 is 14.2 Å². The number of hydrogen-bond donors (Lipinski definition) is 0. The first-order chi connectivity index (χ1) is 19.4. The van der Waals surface area contributed by atoms with Crippen LogP contribution in [-0.4, -0.2) is 38.4 Å². The minimum absolute atomic E-state index is 0.149. The number of aryl methyl sites for hydroxylation is 1. The fraction of sp³-hybridized carbons (Fsp3) is 0.273. The summed E-state index contributed by atoms with van der Waals surface area (Å²) in [7, 11) is 1.96. The van der Waals surface area contributed by atoms with Crippen molar-refractivity contribution >= 4 is 33.6 Å². The van der Waals surface area contributed by atoms with Gasteiger partial charge in [0.25, 0.3) is 0 Å². The molecule has 7 heteroatoms. The van der Waals surface area contributed by atoms with Gasteiger partial charge >= 0.3 is 5.97 Å². The molecule has 0 saturated heterocycles. The molecule has 40 heavy (non-hydrogen) atoms. The number of aromatic nitrogens is 1. The molecule has 0 aliphatic heterocycles. The minimum Gasteiger partial charge on any atom is -0.469 e. The Labute approximate surface area is 237 Å². The zero-order valence-corrected chi connectivity index (χ0v) is 23.9. The Morgan fingerprint density at radius 3 is 2.33 bits per heavy atom. The number of para-hydroxylation sites is 1. The Hall–Kier alpha value is -3.97. The van der Waals surface area contributed by atoms with Crippen LogP contribution in [0.4, 0.5) is 0 Å². The highest BCUT2D eigenvalue weighted by molar-refractivity contribution is 7.85. The zero-order chi connectivity index (χ0) is 28.2. The van der Waals surface area contributed by atoms with Gasteiger partial charge in [-0.15, -0.1) is 0 Å². The third-order valence-corrected chi connectivity index (χ3v) is 9.17. The van der Waals surface area contributed by atoms with Crippen LogP contribution in [0.25, 0.3) is 10.9 Å². The second-order valence-electron chi connectivity index (χ2n) is 10.1. The topological polar surface area (TPSA) is 68.6 Å². The van der Waals surface area contributed by atoms with Crippen LogP contribution in [0.3, 0.4) is 0 Å². The first kappa shape index (κ1) is 27.6. The molecule has 1 aromatic heterocycles. The van der Waals surface area contributed by atoms with Crippen LogP contribution in [0, 0.1) is 5.92 Å². The summed E-state index contributed by atoms with van der Waals surface area (Å²) in [6.07, 6.45) is 3.37. The van der Waals surface area contributed by atoms with E-state index in [0.29, 0.717) is 17.9 Å². The quantitative estimate of drug-likeness (QED) is 0.261. The van der Waals surface area contributed by atoms with Crippen LogP contribution in [-0.2, 0) is 45.1 Å². The van der Waals surface area contributed by atoms with Crippen molar-refractivity contribution in [3.05, 3.63) is 114 Å². The normalized spacial score (nSPS) is 17.7. The number of rotatable bonds is 8. The number of amides is 1. The number of methoxy groups -OCH3 is 1. The number of allylic oxidation sites excluding steroid dienone is 2. The van der Waals surface area contributed by atoms with Crippen molar-refractivity contribution in [3.8, 4) is 0 Å². The standard InChI is InChI=1S/C33H34N2O4S/c1-4-27(26-19-20-29-31(32(26)33(37)39-3)25-17-11-12-18-28(25)34(29)2)35(21-23-13-7-5-8-14-23)30(36)22-40(38)24-15-9-6-10-16-24/h4-18,26,32H,19-22H2,1-3H3/b27-4+/t26-,32-,40?/m0/s1. The van der Waals surface area contributed by atoms with Crippen LogP contribution >= 0.6 is 0 Å². The first-order valence-corrected chi connectivity index (χ1v) is 14.8. The highest BCUT2D eigenvalue weighted by Crippen LogP contribution is 2.46. The number of carbonyl (C=O) groups excluding carboxylic acids is 2. The van der Waals surface area contributed by atoms with E-state index >= 15 is 0 Å². The summed E-state index contributed by atoms with van der Waals surface area (Å²) in [5, 5.41) is 1.03. The maximum absolute atomic E-state index is 14.0. The molecule has 3 atom stereocenters. The van der Waals surface area contributed by atoms with E-state index in [0.717, 1.165) is 39.8 Å². The molecule has 0 fully saturated rings. The Bertz CT molecular complexity index is 1580. The van der Waals surface area contributed by atoms with Gasteiger partial charge in [-0.2, -0.15) is 0 Å². The summed E-state index contributed by atoms with van der Waals surface area (Å²) in [6, 6.07) is 26.9. The van der Waals surface area contributed by atoms with E-state index in [2.05, 4.69) is 16.7 Å². The minimum atomic E-state index is -1.50. The van der Waals surface area contributed by atoms with E-state index in [4.69, 9.17) is 4.74 Å². The molecule has 1 unspecified atom stereocenters. The van der Waals surface area contributed by atoms with Crippen molar-refractivity contribution < 1.29 is 18.5 Å². The van der Waals surface area contributed by atoms with Gasteiger partial charge in [0.1, 0.15) is 5.75 Å². The Balaban J connectivity index is 1.56. The lowest BCUT2D eigenvalue weighted by Gasteiger charge is -2.37. The third-order valence-electron chi connectivity index (χ3n) is 7.86. The molecule has 206 valence electrons. The molecule has 1 amide bonds. The molecule has 6 nitrogen and oxygen atoms in total. The van der Waals surface area contributed by atoms with Gasteiger partial charge in [-0.25, -0.2) is 0 Å². The molecule has 1 aliphatic carbocycles. The average molecular weight is 555 g/mol. The molecule has 1 aliphatic rings. The third kappa shape index (κ3) is 5.26. The number of fused-ring (bicyclic) bond motifs is 3. The van der Waals surface area contributed by atoms with Crippen molar-refractivity contribution in [3.63, 3.8) is 0 Å². The van der Waals surface area contributed by atoms with Crippen molar-refractivity contribution in [2.75, 3.05) is 12.9 Å². The van der Waals surface area contributed by atoms with Gasteiger partial charge in [0.05, 0.1) is 30.4 Å². The van der Waals surface area contributed by atoms with Crippen molar-refractivity contribution in [2.45, 2.75) is 37.1 Å². The lowest BCUT2D eigenvalue weighted by Crippen LogP contribution is -2.40. The van der Waals surface area contributed by atoms with Gasteiger partial charge in [-0.1, -0.05) is 72.8 Å². The van der Waals surface area contributed by atoms with Crippen LogP contribution in [0.15, 0.2) is 102 Å². The van der Waals surface area contributed by atoms with E-state index in [-0.39, 0.29) is 23.5 Å². The molecule has 0 bridgehead atoms. The lowest BCUT2D eigenvalue weighted by atomic mass is 9.74. The molecule has 1 heterocycles. The Kier molecular flexibility index (Phi) is 8.31. The molecule has 0 radical (unpaired) electrons. The molecule has 0 spiro atoms. The largest absolute Gasteiger partial charge is 0.469 e. The first-order valence-electron chi connectivity index (χ1n) is 13.5. The van der Waals surface area contributed by atoms with Gasteiger partial charge in [-0.3, -0.25) is 13.8 Å². The number of esters is 1. The fourth-order valence-electron chi connectivity index (χ4n) is 6.02. The molecule has 0 saturated carbocycles. The van der Waals surface area contributed by atoms with Gasteiger partial charge in [0.2, 0.25) is 5.91 Å². The summed E-state index contributed by atoms with van der Waals surface area (Å²) >= 11 is 0. The van der Waals surface area contributed by atoms with E-state index < -0.39 is 16.7 Å². The highest BCUT2D eigenvalue weighted by atomic mass is 32.2. The Morgan fingerprint density at radius 1 is 1.00 bits per heavy atom. The molecular formula is C33H34N2O4S. The number of carbonyl (C=O) groups is 2. The Morgan fingerprint density at radius 2 is 1.65 bits per heavy atom. The SMILES string of the molecule is C/C=C(\[C@@H]1CCc2c(c3ccccc3n2C)[C@H]1C(=O)OC)N(Cc1ccccc1)C(=O)CS(=O)c1ccccc1. The van der Waals surface area contributed by atoms with Crippen LogP contribution < -0.4 is 0 Å². The fourth-order valence-corrected chi connectivity index (χ4v) is 7.03. The van der Waals surface area contributed by atoms with E-state index in [1.165, 1.54) is 7.11 Å². The molecule has 0 N–H and O–H groups in total. The number of nitrogens with zero attached hydrogens (tertiary/aromatic N) is 2. The predicted molar refractivity (Wildman–Crippen MR) is 158 cm³/mol. The molecule has 5 rings (SSSR count). The van der Waals surface area contributed by atoms with E-state index in [1.807, 2.05) is 80.7 Å². The molecule has 3 aromatic carbocycles. The average Bonchev–Trinajstić information content (AvgIpc) is 3.29. The lowest BCUT2D eigenvalue weighted by molar-refractivity contribution is -0.144.